The van der Waals surface area contributed by atoms with Crippen molar-refractivity contribution in [3.8, 4) is 0 Å². The molecule has 1 N–H and O–H groups in total. The molecule has 2 aromatic rings. The SMILES string of the molecule is O=C(/C=C/c1ccc(Cl)cc1)NCc1ccc(N2CCCC2=O)cc1. The first-order valence-corrected chi connectivity index (χ1v) is 8.60. The number of carbonyl (C=O) groups is 2. The number of rotatable bonds is 5. The van der Waals surface area contributed by atoms with E-state index in [0.717, 1.165) is 29.8 Å². The van der Waals surface area contributed by atoms with Gasteiger partial charge in [0.2, 0.25) is 11.8 Å². The van der Waals surface area contributed by atoms with E-state index in [0.29, 0.717) is 18.0 Å². The fourth-order valence-corrected chi connectivity index (χ4v) is 2.83. The third-order valence-electron chi connectivity index (χ3n) is 4.09. The maximum Gasteiger partial charge on any atom is 0.244 e. The standard InChI is InChI=1S/C20H19ClN2O2/c21-17-8-3-15(4-9-17)7-12-19(24)22-14-16-5-10-18(11-6-16)23-13-1-2-20(23)25/h3-12H,1-2,13-14H2,(H,22,24)/b12-7+. The zero-order valence-corrected chi connectivity index (χ0v) is 14.5. The van der Waals surface area contributed by atoms with Gasteiger partial charge in [-0.1, -0.05) is 35.9 Å². The lowest BCUT2D eigenvalue weighted by molar-refractivity contribution is -0.117. The Hall–Kier alpha value is -2.59. The molecule has 0 radical (unpaired) electrons. The van der Waals surface area contributed by atoms with Crippen LogP contribution in [0.5, 0.6) is 0 Å². The van der Waals surface area contributed by atoms with Gasteiger partial charge in [-0.3, -0.25) is 9.59 Å². The van der Waals surface area contributed by atoms with Crippen LogP contribution < -0.4 is 10.2 Å². The first-order valence-electron chi connectivity index (χ1n) is 8.22. The second-order valence-corrected chi connectivity index (χ2v) is 6.35. The number of hydrogen-bond donors (Lipinski definition) is 1. The summed E-state index contributed by atoms with van der Waals surface area (Å²) in [7, 11) is 0. The van der Waals surface area contributed by atoms with Crippen molar-refractivity contribution in [2.75, 3.05) is 11.4 Å². The number of halogens is 1. The maximum atomic E-state index is 11.9. The smallest absolute Gasteiger partial charge is 0.244 e. The molecule has 0 atom stereocenters. The van der Waals surface area contributed by atoms with Gasteiger partial charge in [-0.25, -0.2) is 0 Å². The number of nitrogens with zero attached hydrogens (tertiary/aromatic N) is 1. The average Bonchev–Trinajstić information content (AvgIpc) is 3.06. The Morgan fingerprint density at radius 1 is 1.12 bits per heavy atom. The van der Waals surface area contributed by atoms with E-state index in [2.05, 4.69) is 5.32 Å². The van der Waals surface area contributed by atoms with Crippen LogP contribution in [0.25, 0.3) is 6.08 Å². The molecule has 0 aliphatic carbocycles. The van der Waals surface area contributed by atoms with Crippen LogP contribution in [-0.4, -0.2) is 18.4 Å². The van der Waals surface area contributed by atoms with Crippen LogP contribution in [0.3, 0.4) is 0 Å². The van der Waals surface area contributed by atoms with Crippen LogP contribution in [0.2, 0.25) is 5.02 Å². The van der Waals surface area contributed by atoms with Gasteiger partial charge in [0.25, 0.3) is 0 Å². The molecule has 3 rings (SSSR count). The molecule has 2 aromatic carbocycles. The summed E-state index contributed by atoms with van der Waals surface area (Å²) >= 11 is 5.83. The number of anilines is 1. The Labute approximate surface area is 152 Å². The quantitative estimate of drug-likeness (QED) is 0.830. The van der Waals surface area contributed by atoms with Gasteiger partial charge in [-0.2, -0.15) is 0 Å². The zero-order chi connectivity index (χ0) is 17.6. The lowest BCUT2D eigenvalue weighted by Gasteiger charge is -2.15. The maximum absolute atomic E-state index is 11.9. The van der Waals surface area contributed by atoms with E-state index in [4.69, 9.17) is 11.6 Å². The minimum absolute atomic E-state index is 0.159. The van der Waals surface area contributed by atoms with Gasteiger partial charge in [0.15, 0.2) is 0 Å². The van der Waals surface area contributed by atoms with Crippen molar-refractivity contribution in [2.24, 2.45) is 0 Å². The summed E-state index contributed by atoms with van der Waals surface area (Å²) in [4.78, 5) is 25.4. The molecule has 0 aromatic heterocycles. The number of nitrogens with one attached hydrogen (secondary N) is 1. The number of amides is 2. The van der Waals surface area contributed by atoms with Gasteiger partial charge < -0.3 is 10.2 Å². The number of hydrogen-bond acceptors (Lipinski definition) is 2. The molecule has 0 spiro atoms. The minimum atomic E-state index is -0.159. The molecule has 0 unspecified atom stereocenters. The van der Waals surface area contributed by atoms with Gasteiger partial charge in [-0.05, 0) is 47.9 Å². The molecule has 1 fully saturated rings. The Morgan fingerprint density at radius 3 is 2.48 bits per heavy atom. The van der Waals surface area contributed by atoms with E-state index in [1.807, 2.05) is 36.4 Å². The van der Waals surface area contributed by atoms with Crippen LogP contribution in [0.15, 0.2) is 54.6 Å². The van der Waals surface area contributed by atoms with Crippen LogP contribution >= 0.6 is 11.6 Å². The van der Waals surface area contributed by atoms with E-state index in [-0.39, 0.29) is 11.8 Å². The Kier molecular flexibility index (Phi) is 5.51. The summed E-state index contributed by atoms with van der Waals surface area (Å²) in [5.74, 6) is 0.0159. The van der Waals surface area contributed by atoms with Crippen molar-refractivity contribution >= 4 is 35.2 Å². The highest BCUT2D eigenvalue weighted by atomic mass is 35.5. The van der Waals surface area contributed by atoms with E-state index >= 15 is 0 Å². The van der Waals surface area contributed by atoms with Crippen LogP contribution in [0, 0.1) is 0 Å². The van der Waals surface area contributed by atoms with Gasteiger partial charge in [-0.15, -0.1) is 0 Å². The van der Waals surface area contributed by atoms with Gasteiger partial charge in [0.1, 0.15) is 0 Å². The van der Waals surface area contributed by atoms with Gasteiger partial charge in [0, 0.05) is 36.3 Å². The normalized spacial score (nSPS) is 14.3. The van der Waals surface area contributed by atoms with E-state index in [9.17, 15) is 9.59 Å². The van der Waals surface area contributed by atoms with Crippen molar-refractivity contribution < 1.29 is 9.59 Å². The molecular weight excluding hydrogens is 336 g/mol. The summed E-state index contributed by atoms with van der Waals surface area (Å²) in [6.07, 6.45) is 4.78. The number of benzene rings is 2. The minimum Gasteiger partial charge on any atom is -0.348 e. The third-order valence-corrected chi connectivity index (χ3v) is 4.34. The predicted octanol–water partition coefficient (Wildman–Crippen LogP) is 3.80. The molecule has 0 saturated carbocycles. The first-order chi connectivity index (χ1) is 12.1. The highest BCUT2D eigenvalue weighted by Gasteiger charge is 2.21. The van der Waals surface area contributed by atoms with Crippen molar-refractivity contribution in [1.29, 1.82) is 0 Å². The molecule has 1 aliphatic heterocycles. The molecule has 1 saturated heterocycles. The lowest BCUT2D eigenvalue weighted by Crippen LogP contribution is -2.23. The zero-order valence-electron chi connectivity index (χ0n) is 13.7. The lowest BCUT2D eigenvalue weighted by atomic mass is 10.2. The summed E-state index contributed by atoms with van der Waals surface area (Å²) in [5.41, 5.74) is 2.82. The molecule has 4 nitrogen and oxygen atoms in total. The summed E-state index contributed by atoms with van der Waals surface area (Å²) in [6.45, 7) is 1.22. The summed E-state index contributed by atoms with van der Waals surface area (Å²) in [6, 6.07) is 15.0. The molecule has 128 valence electrons. The molecule has 0 bridgehead atoms. The number of carbonyl (C=O) groups excluding carboxylic acids is 2. The van der Waals surface area contributed by atoms with E-state index < -0.39 is 0 Å². The van der Waals surface area contributed by atoms with Crippen molar-refractivity contribution in [2.45, 2.75) is 19.4 Å². The molecular formula is C20H19ClN2O2. The summed E-state index contributed by atoms with van der Waals surface area (Å²) < 4.78 is 0. The van der Waals surface area contributed by atoms with Crippen LogP contribution in [0.1, 0.15) is 24.0 Å². The predicted molar refractivity (Wildman–Crippen MR) is 100 cm³/mol. The fraction of sp³-hybridized carbons (Fsp3) is 0.200. The highest BCUT2D eigenvalue weighted by molar-refractivity contribution is 6.30. The molecule has 2 amide bonds. The van der Waals surface area contributed by atoms with Crippen LogP contribution in [-0.2, 0) is 16.1 Å². The summed E-state index contributed by atoms with van der Waals surface area (Å²) in [5, 5.41) is 3.51. The van der Waals surface area contributed by atoms with Crippen molar-refractivity contribution in [1.82, 2.24) is 5.32 Å². The first kappa shape index (κ1) is 17.2. The van der Waals surface area contributed by atoms with Gasteiger partial charge in [0.05, 0.1) is 0 Å². The molecule has 25 heavy (non-hydrogen) atoms. The molecule has 1 aliphatic rings. The average molecular weight is 355 g/mol. The second kappa shape index (κ2) is 7.99. The fourth-order valence-electron chi connectivity index (χ4n) is 2.71. The largest absolute Gasteiger partial charge is 0.348 e. The third kappa shape index (κ3) is 4.70. The highest BCUT2D eigenvalue weighted by Crippen LogP contribution is 2.21. The molecule has 1 heterocycles. The van der Waals surface area contributed by atoms with Crippen molar-refractivity contribution in [3.05, 3.63) is 70.8 Å². The Bertz CT molecular complexity index is 782. The van der Waals surface area contributed by atoms with Crippen molar-refractivity contribution in [3.63, 3.8) is 0 Å². The Morgan fingerprint density at radius 2 is 1.84 bits per heavy atom. The monoisotopic (exact) mass is 354 g/mol. The second-order valence-electron chi connectivity index (χ2n) is 5.92. The Balaban J connectivity index is 1.51. The molecule has 5 heteroatoms. The van der Waals surface area contributed by atoms with Gasteiger partial charge >= 0.3 is 0 Å². The van der Waals surface area contributed by atoms with E-state index in [1.54, 1.807) is 23.1 Å². The topological polar surface area (TPSA) is 49.4 Å². The van der Waals surface area contributed by atoms with E-state index in [1.165, 1.54) is 6.08 Å². The van der Waals surface area contributed by atoms with Crippen LogP contribution in [0.4, 0.5) is 5.69 Å².